The van der Waals surface area contributed by atoms with Crippen LogP contribution in [0.15, 0.2) is 48.7 Å². The molecule has 2 aromatic carbocycles. The molecule has 1 spiro atoms. The molecule has 8 nitrogen and oxygen atoms in total. The van der Waals surface area contributed by atoms with Crippen LogP contribution in [0.25, 0.3) is 0 Å². The highest BCUT2D eigenvalue weighted by Gasteiger charge is 2.38. The number of aromatic nitrogens is 2. The molecule has 2 heterocycles. The summed E-state index contributed by atoms with van der Waals surface area (Å²) in [5, 5.41) is 7.65. The second kappa shape index (κ2) is 12.2. The first-order valence-corrected chi connectivity index (χ1v) is 17.4. The number of rotatable bonds is 8. The fraction of sp³-hybridized carbons (Fsp3) is 0.484. The van der Waals surface area contributed by atoms with Crippen molar-refractivity contribution in [2.45, 2.75) is 44.6 Å². The van der Waals surface area contributed by atoms with Crippen molar-refractivity contribution < 1.29 is 9.30 Å². The highest BCUT2D eigenvalue weighted by molar-refractivity contribution is 7.70. The molecule has 1 saturated carbocycles. The van der Waals surface area contributed by atoms with Crippen LogP contribution in [0, 0.1) is 5.41 Å². The second-order valence-electron chi connectivity index (χ2n) is 12.1. The second-order valence-corrected chi connectivity index (χ2v) is 15.7. The number of piperidine rings is 1. The average Bonchev–Trinajstić information content (AvgIpc) is 2.95. The maximum atomic E-state index is 12.8. The van der Waals surface area contributed by atoms with Crippen LogP contribution in [0.4, 0.5) is 28.8 Å². The zero-order valence-corrected chi connectivity index (χ0v) is 26.4. The van der Waals surface area contributed by atoms with E-state index in [4.69, 9.17) is 16.3 Å². The first kappa shape index (κ1) is 29.7. The number of ether oxygens (including phenoxy) is 1. The molecule has 2 N–H and O–H groups in total. The molecular formula is C31H42ClN6O2P. The zero-order chi connectivity index (χ0) is 29.2. The Morgan fingerprint density at radius 1 is 1.02 bits per heavy atom. The Morgan fingerprint density at radius 2 is 1.73 bits per heavy atom. The summed E-state index contributed by atoms with van der Waals surface area (Å²) in [4.78, 5) is 13.9. The lowest BCUT2D eigenvalue weighted by atomic mass is 9.67. The summed E-state index contributed by atoms with van der Waals surface area (Å²) < 4.78 is 18.6. The standard InChI is InChI=1S/C31H42ClN6O2P/c1-37(2)22-12-14-31(15-13-22)16-18-38(19-17-31)23-10-11-25(27(20-23)40-3)35-30-33-21-24(32)29(36-30)34-26-8-6-7-9-28(26)41(4,5)39/h6-11,20-22H,12-19H2,1-5H3,(H2,33,34,35,36). The van der Waals surface area contributed by atoms with E-state index in [1.807, 2.05) is 30.3 Å². The van der Waals surface area contributed by atoms with Crippen molar-refractivity contribution in [1.82, 2.24) is 14.9 Å². The minimum atomic E-state index is -2.50. The van der Waals surface area contributed by atoms with Crippen molar-refractivity contribution in [2.75, 3.05) is 63.2 Å². The van der Waals surface area contributed by atoms with Crippen LogP contribution in [0.2, 0.25) is 5.02 Å². The van der Waals surface area contributed by atoms with E-state index >= 15 is 0 Å². The van der Waals surface area contributed by atoms with Crippen molar-refractivity contribution >= 4 is 52.9 Å². The van der Waals surface area contributed by atoms with Crippen LogP contribution >= 0.6 is 18.7 Å². The summed E-state index contributed by atoms with van der Waals surface area (Å²) >= 11 is 6.44. The van der Waals surface area contributed by atoms with E-state index in [1.165, 1.54) is 44.2 Å². The molecule has 220 valence electrons. The molecule has 1 saturated heterocycles. The number of benzene rings is 2. The molecule has 1 aliphatic carbocycles. The fourth-order valence-corrected chi connectivity index (χ4v) is 7.56. The summed E-state index contributed by atoms with van der Waals surface area (Å²) in [7, 11) is 3.60. The smallest absolute Gasteiger partial charge is 0.229 e. The Labute approximate surface area is 249 Å². The Balaban J connectivity index is 1.27. The van der Waals surface area contributed by atoms with Gasteiger partial charge in [0.2, 0.25) is 5.95 Å². The van der Waals surface area contributed by atoms with Crippen LogP contribution in [0.3, 0.4) is 0 Å². The Hall–Kier alpha value is -2.80. The van der Waals surface area contributed by atoms with Crippen LogP contribution in [-0.4, -0.2) is 68.5 Å². The number of methoxy groups -OCH3 is 1. The molecule has 2 fully saturated rings. The summed E-state index contributed by atoms with van der Waals surface area (Å²) in [5.74, 6) is 1.54. The molecule has 0 bridgehead atoms. The van der Waals surface area contributed by atoms with Crippen LogP contribution in [0.1, 0.15) is 38.5 Å². The van der Waals surface area contributed by atoms with Gasteiger partial charge in [-0.2, -0.15) is 4.98 Å². The Bertz CT molecular complexity index is 1410. The number of hydrogen-bond acceptors (Lipinski definition) is 8. The number of nitrogens with one attached hydrogen (secondary N) is 2. The first-order valence-electron chi connectivity index (χ1n) is 14.4. The molecule has 41 heavy (non-hydrogen) atoms. The quantitative estimate of drug-likeness (QED) is 0.270. The normalized spacial score (nSPS) is 17.6. The molecule has 5 rings (SSSR count). The van der Waals surface area contributed by atoms with Crippen molar-refractivity contribution in [1.29, 1.82) is 0 Å². The molecule has 1 aliphatic heterocycles. The maximum absolute atomic E-state index is 12.8. The lowest BCUT2D eigenvalue weighted by Gasteiger charge is -2.47. The van der Waals surface area contributed by atoms with Gasteiger partial charge < -0.3 is 29.7 Å². The van der Waals surface area contributed by atoms with E-state index < -0.39 is 7.14 Å². The maximum Gasteiger partial charge on any atom is 0.229 e. The largest absolute Gasteiger partial charge is 0.494 e. The third-order valence-corrected chi connectivity index (χ3v) is 10.7. The van der Waals surface area contributed by atoms with E-state index in [2.05, 4.69) is 56.6 Å². The molecule has 0 unspecified atom stereocenters. The van der Waals surface area contributed by atoms with Crippen molar-refractivity contribution in [3.05, 3.63) is 53.7 Å². The van der Waals surface area contributed by atoms with E-state index in [-0.39, 0.29) is 0 Å². The lowest BCUT2D eigenvalue weighted by Crippen LogP contribution is -2.44. The summed E-state index contributed by atoms with van der Waals surface area (Å²) in [6, 6.07) is 14.5. The molecule has 2 aliphatic rings. The highest BCUT2D eigenvalue weighted by Crippen LogP contribution is 2.46. The molecule has 0 radical (unpaired) electrons. The number of anilines is 5. The van der Waals surface area contributed by atoms with E-state index in [9.17, 15) is 4.57 Å². The van der Waals surface area contributed by atoms with Gasteiger partial charge in [-0.1, -0.05) is 23.7 Å². The Morgan fingerprint density at radius 3 is 2.39 bits per heavy atom. The lowest BCUT2D eigenvalue weighted by molar-refractivity contribution is 0.0924. The van der Waals surface area contributed by atoms with Crippen LogP contribution < -0.4 is 25.6 Å². The highest BCUT2D eigenvalue weighted by atomic mass is 35.5. The van der Waals surface area contributed by atoms with Gasteiger partial charge in [-0.25, -0.2) is 4.98 Å². The molecule has 10 heteroatoms. The third-order valence-electron chi connectivity index (χ3n) is 8.85. The van der Waals surface area contributed by atoms with Gasteiger partial charge in [0.1, 0.15) is 17.9 Å². The molecular weight excluding hydrogens is 555 g/mol. The minimum Gasteiger partial charge on any atom is -0.494 e. The summed E-state index contributed by atoms with van der Waals surface area (Å²) in [5.41, 5.74) is 3.16. The molecule has 3 aromatic rings. The monoisotopic (exact) mass is 596 g/mol. The van der Waals surface area contributed by atoms with E-state index in [1.54, 1.807) is 26.6 Å². The predicted octanol–water partition coefficient (Wildman–Crippen LogP) is 6.96. The summed E-state index contributed by atoms with van der Waals surface area (Å²) in [6.45, 7) is 5.64. The minimum absolute atomic E-state index is 0.368. The van der Waals surface area contributed by atoms with Crippen molar-refractivity contribution in [2.24, 2.45) is 5.41 Å². The molecule has 0 amide bonds. The van der Waals surface area contributed by atoms with Gasteiger partial charge >= 0.3 is 0 Å². The van der Waals surface area contributed by atoms with Gasteiger partial charge in [0, 0.05) is 36.2 Å². The fourth-order valence-electron chi connectivity index (χ4n) is 6.26. The van der Waals surface area contributed by atoms with E-state index in [0.29, 0.717) is 27.9 Å². The van der Waals surface area contributed by atoms with Gasteiger partial charge in [-0.05, 0) is 95.6 Å². The third kappa shape index (κ3) is 6.82. The molecule has 0 atom stereocenters. The van der Waals surface area contributed by atoms with E-state index in [0.717, 1.165) is 35.9 Å². The number of hydrogen-bond donors (Lipinski definition) is 2. The summed E-state index contributed by atoms with van der Waals surface area (Å²) in [6.07, 6.45) is 9.36. The van der Waals surface area contributed by atoms with Gasteiger partial charge in [-0.3, -0.25) is 0 Å². The van der Waals surface area contributed by atoms with Gasteiger partial charge in [0.05, 0.1) is 24.7 Å². The SMILES string of the molecule is COc1cc(N2CCC3(CCC(N(C)C)CC3)CC2)ccc1Nc1ncc(Cl)c(Nc2ccccc2P(C)(C)=O)n1. The van der Waals surface area contributed by atoms with Crippen molar-refractivity contribution in [3.8, 4) is 5.75 Å². The number of para-hydroxylation sites is 1. The average molecular weight is 597 g/mol. The number of nitrogens with zero attached hydrogens (tertiary/aromatic N) is 4. The van der Waals surface area contributed by atoms with Crippen molar-refractivity contribution in [3.63, 3.8) is 0 Å². The molecule has 1 aromatic heterocycles. The van der Waals surface area contributed by atoms with Crippen LogP contribution in [-0.2, 0) is 4.57 Å². The van der Waals surface area contributed by atoms with Crippen LogP contribution in [0.5, 0.6) is 5.75 Å². The number of halogens is 1. The van der Waals surface area contributed by atoms with Gasteiger partial charge in [0.15, 0.2) is 5.82 Å². The van der Waals surface area contributed by atoms with Gasteiger partial charge in [0.25, 0.3) is 0 Å². The topological polar surface area (TPSA) is 82.6 Å². The zero-order valence-electron chi connectivity index (χ0n) is 24.8. The predicted molar refractivity (Wildman–Crippen MR) is 172 cm³/mol. The Kier molecular flexibility index (Phi) is 8.84. The van der Waals surface area contributed by atoms with Gasteiger partial charge in [-0.15, -0.1) is 0 Å². The first-order chi connectivity index (χ1) is 19.6.